The Morgan fingerprint density at radius 3 is 2.50 bits per heavy atom. The van der Waals surface area contributed by atoms with E-state index in [-0.39, 0.29) is 13.2 Å². The highest BCUT2D eigenvalue weighted by Gasteiger charge is 2.24. The second-order valence-corrected chi connectivity index (χ2v) is 3.28. The van der Waals surface area contributed by atoms with Gasteiger partial charge in [0.2, 0.25) is 0 Å². The number of likely N-dealkylation sites (N-methyl/N-ethyl adjacent to an activating group) is 1. The molecule has 0 aliphatic heterocycles. The maximum Gasteiger partial charge on any atom is 0.255 e. The molecule has 5 nitrogen and oxygen atoms in total. The van der Waals surface area contributed by atoms with Gasteiger partial charge in [-0.15, -0.1) is 4.91 Å². The highest BCUT2D eigenvalue weighted by Crippen LogP contribution is 2.17. The normalized spacial score (nSPS) is 11.9. The summed E-state index contributed by atoms with van der Waals surface area (Å²) in [5.41, 5.74) is 0.678. The zero-order chi connectivity index (χ0) is 12.0. The molecule has 86 valence electrons. The van der Waals surface area contributed by atoms with Gasteiger partial charge in [0.05, 0.1) is 17.8 Å². The first-order chi connectivity index (χ1) is 7.74. The molecule has 1 atom stereocenters. The van der Waals surface area contributed by atoms with Gasteiger partial charge < -0.3 is 5.11 Å². The summed E-state index contributed by atoms with van der Waals surface area (Å²) in [6.45, 7) is 1.51. The highest BCUT2D eigenvalue weighted by atomic mass is 16.3. The van der Waals surface area contributed by atoms with Gasteiger partial charge in [-0.1, -0.05) is 30.3 Å². The molecular weight excluding hydrogens is 208 g/mol. The molecule has 0 aromatic heterocycles. The lowest BCUT2D eigenvalue weighted by molar-refractivity contribution is -0.133. The summed E-state index contributed by atoms with van der Waals surface area (Å²) in [4.78, 5) is 22.2. The van der Waals surface area contributed by atoms with Crippen molar-refractivity contribution in [3.63, 3.8) is 0 Å². The molecule has 1 aromatic rings. The molecule has 1 rings (SSSR count). The molecule has 0 aliphatic rings. The standard InChI is InChI=1S/C11H14N2O3/c1-2-13(12-16)11(15)10(8-14)9-6-4-3-5-7-9/h3-7,10,14H,2,8H2,1H3. The molecule has 0 radical (unpaired) electrons. The maximum atomic E-state index is 11.8. The molecule has 0 saturated heterocycles. The van der Waals surface area contributed by atoms with E-state index in [4.69, 9.17) is 0 Å². The molecule has 0 fully saturated rings. The van der Waals surface area contributed by atoms with Gasteiger partial charge in [-0.05, 0) is 12.5 Å². The monoisotopic (exact) mass is 222 g/mol. The highest BCUT2D eigenvalue weighted by molar-refractivity contribution is 5.83. The quantitative estimate of drug-likeness (QED) is 0.603. The second-order valence-electron chi connectivity index (χ2n) is 3.28. The van der Waals surface area contributed by atoms with Crippen LogP contribution in [0.4, 0.5) is 0 Å². The Morgan fingerprint density at radius 2 is 2.06 bits per heavy atom. The van der Waals surface area contributed by atoms with E-state index < -0.39 is 11.8 Å². The number of carbonyl (C=O) groups is 1. The molecule has 0 bridgehead atoms. The third-order valence-electron chi connectivity index (χ3n) is 2.34. The molecule has 16 heavy (non-hydrogen) atoms. The predicted molar refractivity (Wildman–Crippen MR) is 59.5 cm³/mol. The van der Waals surface area contributed by atoms with Crippen LogP contribution in [0.15, 0.2) is 35.6 Å². The number of benzene rings is 1. The van der Waals surface area contributed by atoms with E-state index in [2.05, 4.69) is 5.29 Å². The maximum absolute atomic E-state index is 11.8. The summed E-state index contributed by atoms with van der Waals surface area (Å²) in [5, 5.41) is 12.6. The summed E-state index contributed by atoms with van der Waals surface area (Å²) in [7, 11) is 0. The van der Waals surface area contributed by atoms with Crippen LogP contribution in [-0.2, 0) is 4.79 Å². The van der Waals surface area contributed by atoms with Gasteiger partial charge in [-0.25, -0.2) is 0 Å². The van der Waals surface area contributed by atoms with Crippen LogP contribution in [0.25, 0.3) is 0 Å². The lowest BCUT2D eigenvalue weighted by Gasteiger charge is -2.18. The van der Waals surface area contributed by atoms with Crippen LogP contribution < -0.4 is 0 Å². The minimum atomic E-state index is -0.723. The average Bonchev–Trinajstić information content (AvgIpc) is 2.33. The minimum Gasteiger partial charge on any atom is -0.395 e. The first-order valence-corrected chi connectivity index (χ1v) is 5.05. The number of hydrogen-bond donors (Lipinski definition) is 1. The largest absolute Gasteiger partial charge is 0.395 e. The molecule has 1 unspecified atom stereocenters. The first kappa shape index (κ1) is 12.3. The van der Waals surface area contributed by atoms with Crippen LogP contribution in [0.3, 0.4) is 0 Å². The number of nitroso groups, excluding NO2 is 1. The van der Waals surface area contributed by atoms with Gasteiger partial charge >= 0.3 is 0 Å². The fraction of sp³-hybridized carbons (Fsp3) is 0.364. The van der Waals surface area contributed by atoms with Crippen LogP contribution in [0.1, 0.15) is 18.4 Å². The van der Waals surface area contributed by atoms with E-state index in [1.165, 1.54) is 0 Å². The molecular formula is C11H14N2O3. The van der Waals surface area contributed by atoms with Gasteiger partial charge in [-0.2, -0.15) is 5.01 Å². The van der Waals surface area contributed by atoms with Crippen LogP contribution >= 0.6 is 0 Å². The molecule has 1 N–H and O–H groups in total. The number of rotatable bonds is 5. The number of amides is 1. The topological polar surface area (TPSA) is 70.0 Å². The zero-order valence-corrected chi connectivity index (χ0v) is 9.04. The van der Waals surface area contributed by atoms with Crippen molar-refractivity contribution in [1.29, 1.82) is 0 Å². The Kier molecular flexibility index (Phi) is 4.60. The number of hydrogen-bond acceptors (Lipinski definition) is 4. The van der Waals surface area contributed by atoms with Crippen molar-refractivity contribution in [2.45, 2.75) is 12.8 Å². The van der Waals surface area contributed by atoms with Gasteiger partial charge in [0, 0.05) is 6.54 Å². The lowest BCUT2D eigenvalue weighted by atomic mass is 9.99. The van der Waals surface area contributed by atoms with E-state index in [1.54, 1.807) is 31.2 Å². The van der Waals surface area contributed by atoms with E-state index >= 15 is 0 Å². The molecule has 0 heterocycles. The van der Waals surface area contributed by atoms with Crippen LogP contribution in [0.5, 0.6) is 0 Å². The molecule has 5 heteroatoms. The van der Waals surface area contributed by atoms with E-state index in [1.807, 2.05) is 6.07 Å². The fourth-order valence-electron chi connectivity index (χ4n) is 1.45. The Balaban J connectivity index is 2.90. The number of aliphatic hydroxyl groups excluding tert-OH is 1. The molecule has 1 aromatic carbocycles. The Hall–Kier alpha value is -1.75. The molecule has 0 saturated carbocycles. The summed E-state index contributed by atoms with van der Waals surface area (Å²) in [5.74, 6) is -1.20. The van der Waals surface area contributed by atoms with Crippen LogP contribution in [0, 0.1) is 4.91 Å². The summed E-state index contributed by atoms with van der Waals surface area (Å²) < 4.78 is 0. The summed E-state index contributed by atoms with van der Waals surface area (Å²) in [6, 6.07) is 8.83. The van der Waals surface area contributed by atoms with E-state index in [0.717, 1.165) is 5.01 Å². The third kappa shape index (κ3) is 2.64. The SMILES string of the molecule is CCN(N=O)C(=O)C(CO)c1ccccc1. The first-order valence-electron chi connectivity index (χ1n) is 5.05. The lowest BCUT2D eigenvalue weighted by Crippen LogP contribution is -2.32. The smallest absolute Gasteiger partial charge is 0.255 e. The van der Waals surface area contributed by atoms with Crippen LogP contribution in [0.2, 0.25) is 0 Å². The minimum absolute atomic E-state index is 0.200. The summed E-state index contributed by atoms with van der Waals surface area (Å²) >= 11 is 0. The molecule has 0 spiro atoms. The Labute approximate surface area is 93.6 Å². The van der Waals surface area contributed by atoms with Gasteiger partial charge in [0.25, 0.3) is 5.91 Å². The van der Waals surface area contributed by atoms with Crippen molar-refractivity contribution < 1.29 is 9.90 Å². The van der Waals surface area contributed by atoms with Crippen LogP contribution in [-0.4, -0.2) is 29.2 Å². The van der Waals surface area contributed by atoms with Crippen molar-refractivity contribution in [2.24, 2.45) is 5.29 Å². The van der Waals surface area contributed by atoms with E-state index in [0.29, 0.717) is 5.56 Å². The predicted octanol–water partition coefficient (Wildman–Crippen LogP) is 1.29. The Morgan fingerprint density at radius 1 is 1.44 bits per heavy atom. The van der Waals surface area contributed by atoms with Crippen molar-refractivity contribution in [3.8, 4) is 0 Å². The van der Waals surface area contributed by atoms with Gasteiger partial charge in [0.1, 0.15) is 0 Å². The van der Waals surface area contributed by atoms with Gasteiger partial charge in [-0.3, -0.25) is 4.79 Å². The second kappa shape index (κ2) is 5.97. The number of nitrogens with zero attached hydrogens (tertiary/aromatic N) is 2. The van der Waals surface area contributed by atoms with Crippen molar-refractivity contribution in [3.05, 3.63) is 40.8 Å². The van der Waals surface area contributed by atoms with Gasteiger partial charge in [0.15, 0.2) is 0 Å². The summed E-state index contributed by atoms with van der Waals surface area (Å²) in [6.07, 6.45) is 0. The Bertz CT molecular complexity index is 354. The molecule has 1 amide bonds. The third-order valence-corrected chi connectivity index (χ3v) is 2.34. The number of carbonyl (C=O) groups excluding carboxylic acids is 1. The number of aliphatic hydroxyl groups is 1. The zero-order valence-electron chi connectivity index (χ0n) is 9.04. The molecule has 0 aliphatic carbocycles. The van der Waals surface area contributed by atoms with Crippen molar-refractivity contribution >= 4 is 5.91 Å². The van der Waals surface area contributed by atoms with Crippen molar-refractivity contribution in [1.82, 2.24) is 5.01 Å². The average molecular weight is 222 g/mol. The van der Waals surface area contributed by atoms with Crippen molar-refractivity contribution in [2.75, 3.05) is 13.2 Å². The van der Waals surface area contributed by atoms with E-state index in [9.17, 15) is 14.8 Å². The fourth-order valence-corrected chi connectivity index (χ4v) is 1.45.